The number of nitrogens with one attached hydrogen (secondary N) is 1. The predicted octanol–water partition coefficient (Wildman–Crippen LogP) is 3.60. The first-order valence-corrected chi connectivity index (χ1v) is 6.94. The highest BCUT2D eigenvalue weighted by Crippen LogP contribution is 2.29. The minimum absolute atomic E-state index is 0.0188. The molecule has 0 fully saturated rings. The molecule has 0 saturated heterocycles. The topological polar surface area (TPSA) is 67.2 Å². The first-order valence-electron chi connectivity index (χ1n) is 6.57. The molecule has 0 atom stereocenters. The van der Waals surface area contributed by atoms with Crippen molar-refractivity contribution in [3.63, 3.8) is 0 Å². The van der Waals surface area contributed by atoms with Gasteiger partial charge in [-0.2, -0.15) is 18.3 Å². The number of aryl methyl sites for hydroxylation is 2. The number of carbonyl (C=O) groups excluding carboxylic acids is 1. The van der Waals surface area contributed by atoms with E-state index >= 15 is 0 Å². The van der Waals surface area contributed by atoms with E-state index in [0.717, 1.165) is 10.7 Å². The van der Waals surface area contributed by atoms with Gasteiger partial charge in [-0.25, -0.2) is 0 Å². The number of benzene rings is 1. The number of halogens is 4. The van der Waals surface area contributed by atoms with Gasteiger partial charge in [-0.3, -0.25) is 9.48 Å². The van der Waals surface area contributed by atoms with Gasteiger partial charge in [0.15, 0.2) is 5.69 Å². The van der Waals surface area contributed by atoms with Gasteiger partial charge in [0.1, 0.15) is 5.75 Å². The van der Waals surface area contributed by atoms with Crippen molar-refractivity contribution in [1.29, 1.82) is 0 Å². The van der Waals surface area contributed by atoms with Gasteiger partial charge in [-0.15, -0.1) is 0 Å². The summed E-state index contributed by atoms with van der Waals surface area (Å²) in [5.74, 6) is -0.636. The highest BCUT2D eigenvalue weighted by Gasteiger charge is 2.34. The Hall–Kier alpha value is -2.22. The van der Waals surface area contributed by atoms with Crippen LogP contribution in [-0.2, 0) is 17.5 Å². The van der Waals surface area contributed by atoms with Crippen LogP contribution in [-0.4, -0.2) is 20.8 Å². The molecular formula is C14H13ClF3N3O2. The van der Waals surface area contributed by atoms with Crippen molar-refractivity contribution in [2.24, 2.45) is 0 Å². The molecule has 1 aromatic heterocycles. The molecule has 1 amide bonds. The van der Waals surface area contributed by atoms with Crippen molar-refractivity contribution in [2.75, 3.05) is 5.32 Å². The van der Waals surface area contributed by atoms with Crippen LogP contribution in [0.15, 0.2) is 24.3 Å². The highest BCUT2D eigenvalue weighted by atomic mass is 35.5. The van der Waals surface area contributed by atoms with E-state index in [-0.39, 0.29) is 24.4 Å². The standard InChI is InChI=1S/C14H13ClF3N3O2/c1-8-6-12(14(16,17)18)20-21(8)5-4-13(23)19-10-7-9(15)2-3-11(10)22/h2-3,6-7,22H,4-5H2,1H3,(H,19,23). The monoisotopic (exact) mass is 347 g/mol. The summed E-state index contributed by atoms with van der Waals surface area (Å²) in [7, 11) is 0. The number of phenols is 1. The number of hydrogen-bond acceptors (Lipinski definition) is 3. The fourth-order valence-corrected chi connectivity index (χ4v) is 2.08. The van der Waals surface area contributed by atoms with Crippen molar-refractivity contribution >= 4 is 23.2 Å². The van der Waals surface area contributed by atoms with Gasteiger partial charge in [-0.1, -0.05) is 11.6 Å². The lowest BCUT2D eigenvalue weighted by Crippen LogP contribution is -2.16. The van der Waals surface area contributed by atoms with Crippen LogP contribution >= 0.6 is 11.6 Å². The molecule has 2 rings (SSSR count). The van der Waals surface area contributed by atoms with E-state index in [1.54, 1.807) is 0 Å². The van der Waals surface area contributed by atoms with E-state index in [1.807, 2.05) is 0 Å². The number of alkyl halides is 3. The van der Waals surface area contributed by atoms with E-state index in [1.165, 1.54) is 25.1 Å². The predicted molar refractivity (Wildman–Crippen MR) is 78.3 cm³/mol. The molecule has 0 unspecified atom stereocenters. The summed E-state index contributed by atoms with van der Waals surface area (Å²) >= 11 is 5.76. The molecule has 0 aliphatic rings. The second-order valence-corrected chi connectivity index (χ2v) is 5.29. The van der Waals surface area contributed by atoms with Crippen molar-refractivity contribution < 1.29 is 23.1 Å². The maximum atomic E-state index is 12.6. The number of nitrogens with zero attached hydrogens (tertiary/aromatic N) is 2. The lowest BCUT2D eigenvalue weighted by molar-refractivity contribution is -0.141. The molecule has 1 heterocycles. The average molecular weight is 348 g/mol. The van der Waals surface area contributed by atoms with Gasteiger partial charge >= 0.3 is 6.18 Å². The van der Waals surface area contributed by atoms with Gasteiger partial charge in [0.2, 0.25) is 5.91 Å². The van der Waals surface area contributed by atoms with E-state index in [0.29, 0.717) is 10.7 Å². The average Bonchev–Trinajstić information content (AvgIpc) is 2.82. The first kappa shape index (κ1) is 17.1. The van der Waals surface area contributed by atoms with Crippen LogP contribution in [0.25, 0.3) is 0 Å². The summed E-state index contributed by atoms with van der Waals surface area (Å²) in [4.78, 5) is 11.8. The van der Waals surface area contributed by atoms with Crippen LogP contribution < -0.4 is 5.32 Å². The van der Waals surface area contributed by atoms with Gasteiger partial charge in [-0.05, 0) is 31.2 Å². The quantitative estimate of drug-likeness (QED) is 0.830. The fraction of sp³-hybridized carbons (Fsp3) is 0.286. The lowest BCUT2D eigenvalue weighted by atomic mass is 10.2. The highest BCUT2D eigenvalue weighted by molar-refractivity contribution is 6.31. The zero-order valence-electron chi connectivity index (χ0n) is 12.0. The van der Waals surface area contributed by atoms with E-state index in [9.17, 15) is 23.1 Å². The molecule has 2 aromatic rings. The maximum Gasteiger partial charge on any atom is 0.435 e. The number of anilines is 1. The van der Waals surface area contributed by atoms with Crippen LogP contribution in [0.1, 0.15) is 17.8 Å². The van der Waals surface area contributed by atoms with Crippen LogP contribution in [0.2, 0.25) is 5.02 Å². The molecule has 0 aliphatic carbocycles. The van der Waals surface area contributed by atoms with E-state index in [2.05, 4.69) is 10.4 Å². The number of aromatic nitrogens is 2. The van der Waals surface area contributed by atoms with Crippen molar-refractivity contribution in [3.05, 3.63) is 40.7 Å². The minimum atomic E-state index is -4.52. The van der Waals surface area contributed by atoms with Gasteiger partial charge in [0, 0.05) is 23.7 Å². The summed E-state index contributed by atoms with van der Waals surface area (Å²) in [6.07, 6.45) is -4.63. The van der Waals surface area contributed by atoms with E-state index in [4.69, 9.17) is 11.6 Å². The minimum Gasteiger partial charge on any atom is -0.506 e. The molecule has 5 nitrogen and oxygen atoms in total. The van der Waals surface area contributed by atoms with Crippen LogP contribution in [0.5, 0.6) is 5.75 Å². The molecule has 0 aliphatic heterocycles. The maximum absolute atomic E-state index is 12.6. The lowest BCUT2D eigenvalue weighted by Gasteiger charge is -2.08. The third-order valence-corrected chi connectivity index (χ3v) is 3.29. The number of phenolic OH excluding ortho intramolecular Hbond substituents is 1. The van der Waals surface area contributed by atoms with Gasteiger partial charge in [0.25, 0.3) is 0 Å². The Balaban J connectivity index is 2.00. The Morgan fingerprint density at radius 2 is 2.09 bits per heavy atom. The van der Waals surface area contributed by atoms with Crippen molar-refractivity contribution in [2.45, 2.75) is 26.1 Å². The number of hydrogen-bond donors (Lipinski definition) is 2. The summed E-state index contributed by atoms with van der Waals surface area (Å²) in [6, 6.07) is 5.07. The molecular weight excluding hydrogens is 335 g/mol. The number of carbonyl (C=O) groups is 1. The molecule has 0 radical (unpaired) electrons. The zero-order chi connectivity index (χ0) is 17.2. The third kappa shape index (κ3) is 4.38. The second kappa shape index (κ2) is 6.49. The number of amides is 1. The SMILES string of the molecule is Cc1cc(C(F)(F)F)nn1CCC(=O)Nc1cc(Cl)ccc1O. The second-order valence-electron chi connectivity index (χ2n) is 4.85. The van der Waals surface area contributed by atoms with Gasteiger partial charge < -0.3 is 10.4 Å². The molecule has 9 heteroatoms. The Morgan fingerprint density at radius 3 is 2.70 bits per heavy atom. The first-order chi connectivity index (χ1) is 10.7. The molecule has 0 saturated carbocycles. The molecule has 23 heavy (non-hydrogen) atoms. The van der Waals surface area contributed by atoms with Crippen molar-refractivity contribution in [1.82, 2.24) is 9.78 Å². The van der Waals surface area contributed by atoms with Crippen molar-refractivity contribution in [3.8, 4) is 5.75 Å². The molecule has 2 N–H and O–H groups in total. The summed E-state index contributed by atoms with van der Waals surface area (Å²) < 4.78 is 38.8. The van der Waals surface area contributed by atoms with Crippen LogP contribution in [0, 0.1) is 6.92 Å². The Bertz CT molecular complexity index is 729. The van der Waals surface area contributed by atoms with E-state index < -0.39 is 17.8 Å². The summed E-state index contributed by atoms with van der Waals surface area (Å²) in [5.41, 5.74) is -0.561. The fourth-order valence-electron chi connectivity index (χ4n) is 1.90. The molecule has 0 bridgehead atoms. The Kier molecular flexibility index (Phi) is 4.84. The third-order valence-electron chi connectivity index (χ3n) is 3.05. The number of aromatic hydroxyl groups is 1. The zero-order valence-corrected chi connectivity index (χ0v) is 12.7. The Labute approximate surface area is 134 Å². The summed E-state index contributed by atoms with van der Waals surface area (Å²) in [6.45, 7) is 1.46. The number of rotatable bonds is 4. The summed E-state index contributed by atoms with van der Waals surface area (Å²) in [5, 5.41) is 15.8. The molecule has 1 aromatic carbocycles. The largest absolute Gasteiger partial charge is 0.506 e. The normalized spacial score (nSPS) is 11.5. The molecule has 0 spiro atoms. The van der Waals surface area contributed by atoms with Crippen LogP contribution in [0.4, 0.5) is 18.9 Å². The Morgan fingerprint density at radius 1 is 1.39 bits per heavy atom. The molecule has 124 valence electrons. The smallest absolute Gasteiger partial charge is 0.435 e. The van der Waals surface area contributed by atoms with Crippen LogP contribution in [0.3, 0.4) is 0 Å². The van der Waals surface area contributed by atoms with Gasteiger partial charge in [0.05, 0.1) is 5.69 Å².